The van der Waals surface area contributed by atoms with Crippen LogP contribution in [0.2, 0.25) is 5.02 Å². The van der Waals surface area contributed by atoms with Crippen molar-refractivity contribution in [3.63, 3.8) is 0 Å². The molecule has 5 heteroatoms. The van der Waals surface area contributed by atoms with Crippen molar-refractivity contribution in [1.82, 2.24) is 0 Å². The third-order valence-electron chi connectivity index (χ3n) is 2.23. The number of carbonyl (C=O) groups is 2. The highest BCUT2D eigenvalue weighted by Gasteiger charge is 2.32. The van der Waals surface area contributed by atoms with Gasteiger partial charge in [-0.05, 0) is 11.6 Å². The van der Waals surface area contributed by atoms with Gasteiger partial charge in [0.05, 0.1) is 10.6 Å². The molecule has 1 aromatic carbocycles. The summed E-state index contributed by atoms with van der Waals surface area (Å²) in [5.74, 6) is -1.82. The van der Waals surface area contributed by atoms with E-state index in [9.17, 15) is 9.59 Å². The first kappa shape index (κ1) is 9.98. The topological polar surface area (TPSA) is 63.6 Å². The van der Waals surface area contributed by atoms with Crippen LogP contribution in [0.15, 0.2) is 18.2 Å². The number of carbonyl (C=O) groups excluding carboxylic acids is 1. The molecule has 0 spiro atoms. The smallest absolute Gasteiger partial charge is 0.345 e. The van der Waals surface area contributed by atoms with E-state index in [1.54, 1.807) is 18.2 Å². The van der Waals surface area contributed by atoms with E-state index in [4.69, 9.17) is 21.4 Å². The summed E-state index contributed by atoms with van der Waals surface area (Å²) in [4.78, 5) is 22.1. The summed E-state index contributed by atoms with van der Waals surface area (Å²) in [5.41, 5.74) is 0.891. The molecule has 0 amide bonds. The molecule has 1 aromatic rings. The Bertz CT molecular complexity index is 441. The lowest BCUT2D eigenvalue weighted by Crippen LogP contribution is -2.34. The molecule has 78 valence electrons. The standard InChI is InChI=1S/C10H7ClO4/c11-6-3-1-2-5-4-7(9(12)13)15-10(14)8(5)6/h1-3,7H,4H2,(H,12,13). The van der Waals surface area contributed by atoms with Crippen LogP contribution in [0.4, 0.5) is 0 Å². The van der Waals surface area contributed by atoms with Crippen LogP contribution in [0.3, 0.4) is 0 Å². The van der Waals surface area contributed by atoms with E-state index in [0.717, 1.165) is 0 Å². The molecule has 15 heavy (non-hydrogen) atoms. The van der Waals surface area contributed by atoms with Gasteiger partial charge in [-0.3, -0.25) is 0 Å². The van der Waals surface area contributed by atoms with E-state index in [1.165, 1.54) is 0 Å². The van der Waals surface area contributed by atoms with Crippen molar-refractivity contribution in [3.8, 4) is 0 Å². The highest BCUT2D eigenvalue weighted by molar-refractivity contribution is 6.33. The molecule has 1 aliphatic rings. The fourth-order valence-corrected chi connectivity index (χ4v) is 1.81. The van der Waals surface area contributed by atoms with Crippen LogP contribution in [-0.4, -0.2) is 23.1 Å². The van der Waals surface area contributed by atoms with Gasteiger partial charge in [0.2, 0.25) is 6.10 Å². The summed E-state index contributed by atoms with van der Waals surface area (Å²) >= 11 is 5.82. The van der Waals surface area contributed by atoms with Crippen molar-refractivity contribution in [1.29, 1.82) is 0 Å². The number of cyclic esters (lactones) is 1. The SMILES string of the molecule is O=C1OC(C(=O)O)Cc2cccc(Cl)c21. The first-order chi connectivity index (χ1) is 7.09. The van der Waals surface area contributed by atoms with Gasteiger partial charge in [-0.15, -0.1) is 0 Å². The number of hydrogen-bond acceptors (Lipinski definition) is 3. The van der Waals surface area contributed by atoms with Gasteiger partial charge in [0, 0.05) is 6.42 Å². The first-order valence-corrected chi connectivity index (χ1v) is 4.68. The zero-order chi connectivity index (χ0) is 11.0. The van der Waals surface area contributed by atoms with Gasteiger partial charge in [0.25, 0.3) is 0 Å². The Morgan fingerprint density at radius 1 is 1.53 bits per heavy atom. The van der Waals surface area contributed by atoms with Gasteiger partial charge in [0.15, 0.2) is 0 Å². The van der Waals surface area contributed by atoms with Crippen molar-refractivity contribution in [2.24, 2.45) is 0 Å². The molecule has 0 aliphatic carbocycles. The number of halogens is 1. The minimum Gasteiger partial charge on any atom is -0.478 e. The molecule has 0 fully saturated rings. The first-order valence-electron chi connectivity index (χ1n) is 4.31. The van der Waals surface area contributed by atoms with Crippen molar-refractivity contribution >= 4 is 23.5 Å². The van der Waals surface area contributed by atoms with Crippen molar-refractivity contribution < 1.29 is 19.4 Å². The second kappa shape index (κ2) is 3.55. The molecule has 1 atom stereocenters. The summed E-state index contributed by atoms with van der Waals surface area (Å²) in [6, 6.07) is 4.93. The van der Waals surface area contributed by atoms with Crippen LogP contribution >= 0.6 is 11.6 Å². The molecular weight excluding hydrogens is 220 g/mol. The zero-order valence-corrected chi connectivity index (χ0v) is 8.32. The molecular formula is C10H7ClO4. The van der Waals surface area contributed by atoms with E-state index in [-0.39, 0.29) is 12.0 Å². The van der Waals surface area contributed by atoms with E-state index >= 15 is 0 Å². The number of rotatable bonds is 1. The zero-order valence-electron chi connectivity index (χ0n) is 7.57. The van der Waals surface area contributed by atoms with Gasteiger partial charge in [-0.1, -0.05) is 23.7 Å². The average molecular weight is 227 g/mol. The Balaban J connectivity index is 2.45. The predicted octanol–water partition coefficient (Wildman–Crippen LogP) is 1.51. The molecule has 0 saturated carbocycles. The summed E-state index contributed by atoms with van der Waals surface area (Å²) < 4.78 is 4.73. The minimum atomic E-state index is -1.14. The number of fused-ring (bicyclic) bond motifs is 1. The van der Waals surface area contributed by atoms with E-state index in [1.807, 2.05) is 0 Å². The summed E-state index contributed by atoms with van der Waals surface area (Å²) in [6.07, 6.45) is -0.944. The van der Waals surface area contributed by atoms with Gasteiger partial charge in [0.1, 0.15) is 0 Å². The predicted molar refractivity (Wildman–Crippen MR) is 52.0 cm³/mol. The molecule has 0 aromatic heterocycles. The van der Waals surface area contributed by atoms with Crippen LogP contribution < -0.4 is 0 Å². The lowest BCUT2D eigenvalue weighted by Gasteiger charge is -2.21. The fraction of sp³-hybridized carbons (Fsp3) is 0.200. The lowest BCUT2D eigenvalue weighted by molar-refractivity contribution is -0.147. The quantitative estimate of drug-likeness (QED) is 0.738. The van der Waals surface area contributed by atoms with Crippen molar-refractivity contribution in [2.75, 3.05) is 0 Å². The lowest BCUT2D eigenvalue weighted by atomic mass is 9.99. The molecule has 1 N–H and O–H groups in total. The number of aliphatic carboxylic acids is 1. The second-order valence-corrected chi connectivity index (χ2v) is 3.62. The Morgan fingerprint density at radius 3 is 2.93 bits per heavy atom. The Hall–Kier alpha value is -1.55. The van der Waals surface area contributed by atoms with Gasteiger partial charge in [-0.2, -0.15) is 0 Å². The maximum Gasteiger partial charge on any atom is 0.345 e. The van der Waals surface area contributed by atoms with Gasteiger partial charge < -0.3 is 9.84 Å². The number of esters is 1. The maximum absolute atomic E-state index is 11.5. The number of carboxylic acid groups (broad SMARTS) is 1. The summed E-state index contributed by atoms with van der Waals surface area (Å²) in [7, 11) is 0. The Labute approximate surface area is 90.4 Å². The molecule has 0 radical (unpaired) electrons. The molecule has 4 nitrogen and oxygen atoms in total. The average Bonchev–Trinajstić information content (AvgIpc) is 2.17. The largest absolute Gasteiger partial charge is 0.478 e. The highest BCUT2D eigenvalue weighted by atomic mass is 35.5. The molecule has 0 saturated heterocycles. The third kappa shape index (κ3) is 1.68. The number of carboxylic acids is 1. The third-order valence-corrected chi connectivity index (χ3v) is 2.55. The van der Waals surface area contributed by atoms with Gasteiger partial charge in [-0.25, -0.2) is 9.59 Å². The monoisotopic (exact) mass is 226 g/mol. The van der Waals surface area contributed by atoms with Crippen LogP contribution in [0.25, 0.3) is 0 Å². The highest BCUT2D eigenvalue weighted by Crippen LogP contribution is 2.27. The minimum absolute atomic E-state index is 0.164. The van der Waals surface area contributed by atoms with Crippen LogP contribution in [0.1, 0.15) is 15.9 Å². The molecule has 1 aliphatic heterocycles. The summed E-state index contributed by atoms with van der Waals surface area (Å²) in [5, 5.41) is 9.03. The van der Waals surface area contributed by atoms with E-state index < -0.39 is 18.0 Å². The van der Waals surface area contributed by atoms with Crippen molar-refractivity contribution in [2.45, 2.75) is 12.5 Å². The number of ether oxygens (including phenoxy) is 1. The maximum atomic E-state index is 11.5. The number of benzene rings is 1. The molecule has 1 unspecified atom stereocenters. The molecule has 0 bridgehead atoms. The molecule has 2 rings (SSSR count). The summed E-state index contributed by atoms with van der Waals surface area (Å²) in [6.45, 7) is 0. The van der Waals surface area contributed by atoms with Crippen molar-refractivity contribution in [3.05, 3.63) is 34.3 Å². The fourth-order valence-electron chi connectivity index (χ4n) is 1.53. The normalized spacial score (nSPS) is 19.3. The van der Waals surface area contributed by atoms with Gasteiger partial charge >= 0.3 is 11.9 Å². The Morgan fingerprint density at radius 2 is 2.27 bits per heavy atom. The van der Waals surface area contributed by atoms with Crippen LogP contribution in [0, 0.1) is 0 Å². The van der Waals surface area contributed by atoms with E-state index in [0.29, 0.717) is 10.6 Å². The van der Waals surface area contributed by atoms with Crippen LogP contribution in [-0.2, 0) is 16.0 Å². The Kier molecular flexibility index (Phi) is 2.36. The second-order valence-electron chi connectivity index (χ2n) is 3.21. The number of hydrogen-bond donors (Lipinski definition) is 1. The van der Waals surface area contributed by atoms with E-state index in [2.05, 4.69) is 0 Å². The molecule has 1 heterocycles. The van der Waals surface area contributed by atoms with Crippen LogP contribution in [0.5, 0.6) is 0 Å².